The summed E-state index contributed by atoms with van der Waals surface area (Å²) in [4.78, 5) is 65.5. The zero-order valence-electron chi connectivity index (χ0n) is 16.3. The molecular weight excluding hydrogens is 434 g/mol. The van der Waals surface area contributed by atoms with Gasteiger partial charge in [-0.15, -0.1) is 0 Å². The second-order valence-electron chi connectivity index (χ2n) is 6.42. The summed E-state index contributed by atoms with van der Waals surface area (Å²) in [6, 6.07) is -5.30. The highest BCUT2D eigenvalue weighted by molar-refractivity contribution is 7.80. The van der Waals surface area contributed by atoms with Gasteiger partial charge in [0, 0.05) is 18.4 Å². The van der Waals surface area contributed by atoms with Gasteiger partial charge in [0.15, 0.2) is 0 Å². The number of nitrogens with zero attached hydrogens (tertiary/aromatic N) is 1. The van der Waals surface area contributed by atoms with Gasteiger partial charge in [0.25, 0.3) is 0 Å². The van der Waals surface area contributed by atoms with E-state index in [0.717, 1.165) is 0 Å². The Kier molecular flexibility index (Phi) is 10.4. The molecule has 1 heterocycles. The third-order valence-electron chi connectivity index (χ3n) is 3.99. The minimum Gasteiger partial charge on any atom is -0.481 e. The molecule has 0 bridgehead atoms. The number of aromatic nitrogens is 2. The fourth-order valence-corrected chi connectivity index (χ4v) is 2.59. The molecule has 172 valence electrons. The first-order chi connectivity index (χ1) is 14.6. The number of nitrogens with two attached hydrogens (primary N) is 2. The maximum atomic E-state index is 12.4. The number of carbonyl (C=O) groups is 5. The van der Waals surface area contributed by atoms with Gasteiger partial charge in [-0.1, -0.05) is 0 Å². The molecule has 1 aromatic rings. The number of amides is 4. The summed E-state index contributed by atoms with van der Waals surface area (Å²) in [5.74, 6) is -5.27. The van der Waals surface area contributed by atoms with Gasteiger partial charge in [0.05, 0.1) is 31.1 Å². The van der Waals surface area contributed by atoms with E-state index in [-0.39, 0.29) is 12.2 Å². The maximum absolute atomic E-state index is 12.4. The summed E-state index contributed by atoms with van der Waals surface area (Å²) < 4.78 is 0. The Morgan fingerprint density at radius 1 is 1.06 bits per heavy atom. The minimum atomic E-state index is -1.50. The highest BCUT2D eigenvalue weighted by atomic mass is 32.1. The third-order valence-corrected chi connectivity index (χ3v) is 4.36. The Morgan fingerprint density at radius 3 is 2.13 bits per heavy atom. The van der Waals surface area contributed by atoms with Crippen LogP contribution in [0.15, 0.2) is 12.5 Å². The van der Waals surface area contributed by atoms with E-state index in [2.05, 4.69) is 38.5 Å². The summed E-state index contributed by atoms with van der Waals surface area (Å²) in [5.41, 5.74) is 11.3. The third kappa shape index (κ3) is 8.61. The van der Waals surface area contributed by atoms with Gasteiger partial charge in [0.2, 0.25) is 23.6 Å². The lowest BCUT2D eigenvalue weighted by Gasteiger charge is -2.23. The topological polar surface area (TPSA) is 243 Å². The molecule has 31 heavy (non-hydrogen) atoms. The number of aliphatic carboxylic acids is 1. The summed E-state index contributed by atoms with van der Waals surface area (Å²) in [7, 11) is 0. The molecule has 10 N–H and O–H groups in total. The normalized spacial score (nSPS) is 14.5. The lowest BCUT2D eigenvalue weighted by molar-refractivity contribution is -0.140. The molecule has 0 radical (unpaired) electrons. The number of hydrogen-bond donors (Lipinski definition) is 9. The lowest BCUT2D eigenvalue weighted by Crippen LogP contribution is -2.59. The van der Waals surface area contributed by atoms with Gasteiger partial charge in [-0.2, -0.15) is 12.6 Å². The number of H-pyrrole nitrogens is 1. The van der Waals surface area contributed by atoms with Gasteiger partial charge in [0.1, 0.15) is 18.1 Å². The second-order valence-corrected chi connectivity index (χ2v) is 6.79. The quantitative estimate of drug-likeness (QED) is 0.129. The second kappa shape index (κ2) is 12.5. The minimum absolute atomic E-state index is 0.0782. The molecule has 0 fully saturated rings. The van der Waals surface area contributed by atoms with Crippen molar-refractivity contribution in [2.24, 2.45) is 11.5 Å². The Labute approximate surface area is 181 Å². The molecule has 15 heteroatoms. The van der Waals surface area contributed by atoms with Crippen LogP contribution >= 0.6 is 12.6 Å². The fourth-order valence-electron chi connectivity index (χ4n) is 2.33. The Hall–Kier alpha value is -3.17. The number of aliphatic hydroxyl groups excluding tert-OH is 1. The summed E-state index contributed by atoms with van der Waals surface area (Å²) in [6.07, 6.45) is 2.28. The van der Waals surface area contributed by atoms with Crippen molar-refractivity contribution >= 4 is 42.2 Å². The molecular formula is C16H25N7O7S. The van der Waals surface area contributed by atoms with Crippen molar-refractivity contribution in [2.75, 3.05) is 12.4 Å². The molecule has 4 amide bonds. The highest BCUT2D eigenvalue weighted by Gasteiger charge is 2.29. The standard InChI is InChI=1S/C16H25N7O7S/c17-8(1-7-3-19-6-20-7)14(28)22-10(4-24)15(29)23-11(5-31)16(30)21-9(13(18)27)2-12(25)26/h3,6,8-11,24,31H,1-2,4-5,17H2,(H2,18,27)(H,19,20)(H,21,30)(H,22,28)(H,23,29)(H,25,26)/t8-,9-,10-,11-/m0/s1. The maximum Gasteiger partial charge on any atom is 0.305 e. The molecule has 0 saturated carbocycles. The van der Waals surface area contributed by atoms with E-state index < -0.39 is 66.8 Å². The first-order valence-corrected chi connectivity index (χ1v) is 9.59. The van der Waals surface area contributed by atoms with Crippen LogP contribution in [0.1, 0.15) is 12.1 Å². The van der Waals surface area contributed by atoms with Crippen molar-refractivity contribution in [3.63, 3.8) is 0 Å². The van der Waals surface area contributed by atoms with Crippen molar-refractivity contribution in [1.82, 2.24) is 25.9 Å². The van der Waals surface area contributed by atoms with E-state index in [1.807, 2.05) is 0 Å². The van der Waals surface area contributed by atoms with Crippen LogP contribution in [0.3, 0.4) is 0 Å². The number of carbonyl (C=O) groups excluding carboxylic acids is 4. The molecule has 0 aliphatic rings. The first-order valence-electron chi connectivity index (χ1n) is 8.96. The van der Waals surface area contributed by atoms with Crippen molar-refractivity contribution in [1.29, 1.82) is 0 Å². The van der Waals surface area contributed by atoms with Crippen LogP contribution in [-0.2, 0) is 30.4 Å². The van der Waals surface area contributed by atoms with Crippen LogP contribution in [0.5, 0.6) is 0 Å². The van der Waals surface area contributed by atoms with Crippen LogP contribution in [-0.4, -0.2) is 86.3 Å². The smallest absolute Gasteiger partial charge is 0.305 e. The fraction of sp³-hybridized carbons (Fsp3) is 0.500. The van der Waals surface area contributed by atoms with Gasteiger partial charge >= 0.3 is 5.97 Å². The van der Waals surface area contributed by atoms with Crippen LogP contribution in [0.4, 0.5) is 0 Å². The number of primary amides is 1. The zero-order chi connectivity index (χ0) is 23.6. The Morgan fingerprint density at radius 2 is 1.65 bits per heavy atom. The molecule has 0 saturated heterocycles. The van der Waals surface area contributed by atoms with E-state index >= 15 is 0 Å². The number of imidazole rings is 1. The summed E-state index contributed by atoms with van der Waals surface area (Å²) in [5, 5.41) is 24.8. The van der Waals surface area contributed by atoms with E-state index in [9.17, 15) is 29.1 Å². The number of carboxylic acid groups (broad SMARTS) is 1. The van der Waals surface area contributed by atoms with Crippen LogP contribution < -0.4 is 27.4 Å². The predicted octanol–water partition coefficient (Wildman–Crippen LogP) is -4.38. The first kappa shape index (κ1) is 25.9. The molecule has 0 unspecified atom stereocenters. The number of aliphatic hydroxyl groups is 1. The van der Waals surface area contributed by atoms with Crippen LogP contribution in [0.25, 0.3) is 0 Å². The molecule has 0 aliphatic heterocycles. The molecule has 1 aromatic heterocycles. The van der Waals surface area contributed by atoms with E-state index in [4.69, 9.17) is 16.6 Å². The van der Waals surface area contributed by atoms with Crippen molar-refractivity contribution in [3.05, 3.63) is 18.2 Å². The zero-order valence-corrected chi connectivity index (χ0v) is 17.2. The Balaban J connectivity index is 2.70. The van der Waals surface area contributed by atoms with Crippen molar-refractivity contribution in [3.8, 4) is 0 Å². The average Bonchev–Trinajstić information content (AvgIpc) is 3.21. The van der Waals surface area contributed by atoms with Crippen molar-refractivity contribution in [2.45, 2.75) is 37.0 Å². The van der Waals surface area contributed by atoms with Crippen molar-refractivity contribution < 1.29 is 34.2 Å². The molecule has 1 rings (SSSR count). The largest absolute Gasteiger partial charge is 0.481 e. The molecule has 0 aliphatic carbocycles. The number of nitrogens with one attached hydrogen (secondary N) is 4. The average molecular weight is 459 g/mol. The van der Waals surface area contributed by atoms with Crippen LogP contribution in [0, 0.1) is 0 Å². The van der Waals surface area contributed by atoms with Gasteiger partial charge in [-0.05, 0) is 0 Å². The van der Waals surface area contributed by atoms with Crippen LogP contribution in [0.2, 0.25) is 0 Å². The summed E-state index contributed by atoms with van der Waals surface area (Å²) >= 11 is 3.94. The molecule has 14 nitrogen and oxygen atoms in total. The Bertz CT molecular complexity index is 789. The predicted molar refractivity (Wildman–Crippen MR) is 108 cm³/mol. The highest BCUT2D eigenvalue weighted by Crippen LogP contribution is 1.99. The monoisotopic (exact) mass is 459 g/mol. The van der Waals surface area contributed by atoms with E-state index in [1.54, 1.807) is 6.20 Å². The number of rotatable bonds is 13. The molecule has 4 atom stereocenters. The van der Waals surface area contributed by atoms with Gasteiger partial charge < -0.3 is 42.6 Å². The van der Waals surface area contributed by atoms with Gasteiger partial charge in [-0.25, -0.2) is 4.98 Å². The number of hydrogen-bond acceptors (Lipinski definition) is 9. The molecule has 0 aromatic carbocycles. The number of aromatic amines is 1. The van der Waals surface area contributed by atoms with E-state index in [1.165, 1.54) is 6.33 Å². The number of thiol groups is 1. The number of carboxylic acids is 1. The molecule has 0 spiro atoms. The van der Waals surface area contributed by atoms with E-state index in [0.29, 0.717) is 5.69 Å². The summed E-state index contributed by atoms with van der Waals surface area (Å²) in [6.45, 7) is -0.795. The SMILES string of the molecule is NC(=O)[C@H](CC(=O)O)NC(=O)[C@H](CS)NC(=O)[C@H](CO)NC(=O)[C@@H](N)Cc1c[nH]cn1. The van der Waals surface area contributed by atoms with Gasteiger partial charge in [-0.3, -0.25) is 24.0 Å². The lowest BCUT2D eigenvalue weighted by atomic mass is 10.1.